The summed E-state index contributed by atoms with van der Waals surface area (Å²) >= 11 is 3.63. The number of carbonyl (C=O) groups is 1. The van der Waals surface area contributed by atoms with Crippen molar-refractivity contribution >= 4 is 21.7 Å². The number of fused-ring (bicyclic) bond motifs is 5. The van der Waals surface area contributed by atoms with Crippen molar-refractivity contribution in [2.45, 2.75) is 110 Å². The first-order valence-corrected chi connectivity index (χ1v) is 14.5. The molecule has 13 atom stereocenters. The van der Waals surface area contributed by atoms with Crippen molar-refractivity contribution in [1.82, 2.24) is 0 Å². The number of halogens is 1. The molecule has 0 unspecified atom stereocenters. The van der Waals surface area contributed by atoms with Gasteiger partial charge in [-0.2, -0.15) is 0 Å². The van der Waals surface area contributed by atoms with Crippen molar-refractivity contribution in [1.29, 1.82) is 0 Å². The van der Waals surface area contributed by atoms with E-state index in [-0.39, 0.29) is 39.5 Å². The highest BCUT2D eigenvalue weighted by molar-refractivity contribution is 9.09. The van der Waals surface area contributed by atoms with E-state index in [1.54, 1.807) is 0 Å². The van der Waals surface area contributed by atoms with Gasteiger partial charge in [0, 0.05) is 17.2 Å². The van der Waals surface area contributed by atoms with Crippen molar-refractivity contribution in [3.05, 3.63) is 0 Å². The number of hydrogen-bond acceptors (Lipinski definition) is 4. The molecule has 190 valence electrons. The average Bonchev–Trinajstić information content (AvgIpc) is 3.10. The highest BCUT2D eigenvalue weighted by Crippen LogP contribution is 2.68. The minimum Gasteiger partial charge on any atom is -0.392 e. The molecular weight excluding hydrogens is 480 g/mol. The number of ketones is 1. The van der Waals surface area contributed by atoms with Crippen LogP contribution in [0.2, 0.25) is 0 Å². The first-order valence-electron chi connectivity index (χ1n) is 13.5. The molecule has 4 aliphatic carbocycles. The van der Waals surface area contributed by atoms with Gasteiger partial charge in [-0.1, -0.05) is 57.5 Å². The van der Waals surface area contributed by atoms with Crippen molar-refractivity contribution < 1.29 is 20.1 Å². The molecular formula is C28H47BrO4. The largest absolute Gasteiger partial charge is 0.392 e. The summed E-state index contributed by atoms with van der Waals surface area (Å²) in [7, 11) is 0. The van der Waals surface area contributed by atoms with Gasteiger partial charge >= 0.3 is 0 Å². The maximum Gasteiger partial charge on any atom is 0.136 e. The van der Waals surface area contributed by atoms with Gasteiger partial charge in [-0.25, -0.2) is 0 Å². The minimum absolute atomic E-state index is 0.0304. The SMILES string of the molecule is CC(C)[C@H](C)[C@@H](O)[C@H](O)[C@@H](C)[C@H]1CC[C@H]2[C@@H]3CC(=O)[C@H]4C[C@H](Br)[C@@H](O)C[C@]4(C)[C@H]3CC[C@]12C. The summed E-state index contributed by atoms with van der Waals surface area (Å²) in [5.41, 5.74) is 0.00813. The van der Waals surface area contributed by atoms with Crippen molar-refractivity contribution in [2.75, 3.05) is 0 Å². The van der Waals surface area contributed by atoms with Crippen LogP contribution in [-0.4, -0.2) is 44.2 Å². The Balaban J connectivity index is 1.56. The Bertz CT molecular complexity index is 741. The highest BCUT2D eigenvalue weighted by atomic mass is 79.9. The molecule has 3 N–H and O–H groups in total. The number of hydrogen-bond donors (Lipinski definition) is 3. The zero-order valence-electron chi connectivity index (χ0n) is 21.5. The molecule has 5 heteroatoms. The topological polar surface area (TPSA) is 77.8 Å². The number of aliphatic hydroxyl groups is 3. The van der Waals surface area contributed by atoms with Crippen LogP contribution in [0.5, 0.6) is 0 Å². The molecule has 4 fully saturated rings. The lowest BCUT2D eigenvalue weighted by molar-refractivity contribution is -0.161. The number of alkyl halides is 1. The average molecular weight is 528 g/mol. The predicted molar refractivity (Wildman–Crippen MR) is 135 cm³/mol. The Kier molecular flexibility index (Phi) is 7.24. The van der Waals surface area contributed by atoms with Gasteiger partial charge in [0.1, 0.15) is 5.78 Å². The van der Waals surface area contributed by atoms with Gasteiger partial charge in [0.15, 0.2) is 0 Å². The van der Waals surface area contributed by atoms with Crippen LogP contribution in [-0.2, 0) is 4.79 Å². The van der Waals surface area contributed by atoms with Crippen LogP contribution < -0.4 is 0 Å². The molecule has 33 heavy (non-hydrogen) atoms. The zero-order valence-corrected chi connectivity index (χ0v) is 23.1. The Hall–Kier alpha value is 0.0300. The summed E-state index contributed by atoms with van der Waals surface area (Å²) in [6, 6.07) is 0. The van der Waals surface area contributed by atoms with Crippen molar-refractivity contribution in [3.8, 4) is 0 Å². The third-order valence-electron chi connectivity index (χ3n) is 11.6. The van der Waals surface area contributed by atoms with Gasteiger partial charge in [-0.3, -0.25) is 4.79 Å². The van der Waals surface area contributed by atoms with Gasteiger partial charge in [0.05, 0.1) is 18.3 Å². The Morgan fingerprint density at radius 3 is 2.24 bits per heavy atom. The molecule has 4 rings (SSSR count). The molecule has 0 heterocycles. The zero-order chi connectivity index (χ0) is 24.5. The van der Waals surface area contributed by atoms with E-state index >= 15 is 0 Å². The molecule has 4 nitrogen and oxygen atoms in total. The second-order valence-electron chi connectivity index (χ2n) is 13.3. The standard InChI is InChI=1S/C28H47BrO4/c1-14(2)15(3)25(32)26(33)16(4)18-7-8-19-17-11-23(30)21-12-22(29)24(31)13-28(21,6)20(17)9-10-27(18,19)5/h14-22,24-26,31-33H,7-13H2,1-6H3/t15-,16-,17-,18+,19-,20-,21+,22-,24-,25+,26+,27+,28+/m0/s1. The molecule has 0 aromatic carbocycles. The lowest BCUT2D eigenvalue weighted by Gasteiger charge is -2.61. The van der Waals surface area contributed by atoms with E-state index < -0.39 is 12.2 Å². The second-order valence-corrected chi connectivity index (χ2v) is 14.5. The predicted octanol–water partition coefficient (Wildman–Crippen LogP) is 5.21. The number of carbonyl (C=O) groups excluding carboxylic acids is 1. The van der Waals surface area contributed by atoms with E-state index in [0.717, 1.165) is 38.5 Å². The number of aliphatic hydroxyl groups excluding tert-OH is 3. The van der Waals surface area contributed by atoms with E-state index in [0.29, 0.717) is 41.8 Å². The van der Waals surface area contributed by atoms with Gasteiger partial charge in [0.25, 0.3) is 0 Å². The van der Waals surface area contributed by atoms with Crippen LogP contribution in [0.25, 0.3) is 0 Å². The number of Topliss-reactive ketones (excluding diaryl/α,β-unsaturated/α-hetero) is 1. The molecule has 0 aromatic rings. The monoisotopic (exact) mass is 526 g/mol. The second kappa shape index (κ2) is 9.16. The van der Waals surface area contributed by atoms with E-state index in [1.807, 2.05) is 6.92 Å². The smallest absolute Gasteiger partial charge is 0.136 e. The van der Waals surface area contributed by atoms with Crippen LogP contribution in [0.1, 0.15) is 86.5 Å². The highest BCUT2D eigenvalue weighted by Gasteiger charge is 2.63. The van der Waals surface area contributed by atoms with Crippen LogP contribution in [0.3, 0.4) is 0 Å². The molecule has 0 amide bonds. The summed E-state index contributed by atoms with van der Waals surface area (Å²) in [5.74, 6) is 2.68. The van der Waals surface area contributed by atoms with Crippen LogP contribution in [0, 0.1) is 58.2 Å². The van der Waals surface area contributed by atoms with Crippen LogP contribution in [0.15, 0.2) is 0 Å². The summed E-state index contributed by atoms with van der Waals surface area (Å²) in [5, 5.41) is 32.7. The van der Waals surface area contributed by atoms with Gasteiger partial charge in [-0.15, -0.1) is 0 Å². The van der Waals surface area contributed by atoms with Gasteiger partial charge in [-0.05, 0) is 90.8 Å². The first kappa shape index (κ1) is 26.1. The van der Waals surface area contributed by atoms with E-state index in [2.05, 4.69) is 50.5 Å². The van der Waals surface area contributed by atoms with Crippen molar-refractivity contribution in [2.24, 2.45) is 58.2 Å². The maximum absolute atomic E-state index is 13.4. The lowest BCUT2D eigenvalue weighted by atomic mass is 9.44. The van der Waals surface area contributed by atoms with Gasteiger partial charge in [0.2, 0.25) is 0 Å². The lowest BCUT2D eigenvalue weighted by Crippen LogP contribution is -2.59. The Morgan fingerprint density at radius 1 is 0.970 bits per heavy atom. The molecule has 4 saturated carbocycles. The van der Waals surface area contributed by atoms with Crippen molar-refractivity contribution in [3.63, 3.8) is 0 Å². The molecule has 0 aromatic heterocycles. The number of rotatable bonds is 5. The molecule has 0 bridgehead atoms. The van der Waals surface area contributed by atoms with Crippen LogP contribution >= 0.6 is 15.9 Å². The Labute approximate surface area is 209 Å². The molecule has 0 aliphatic heterocycles. The summed E-state index contributed by atoms with van der Waals surface area (Å²) in [6.07, 6.45) is 4.83. The third kappa shape index (κ3) is 4.09. The van der Waals surface area contributed by atoms with E-state index in [4.69, 9.17) is 0 Å². The summed E-state index contributed by atoms with van der Waals surface area (Å²) < 4.78 is 0. The normalized spacial score (nSPS) is 49.1. The third-order valence-corrected chi connectivity index (χ3v) is 12.6. The molecule has 0 saturated heterocycles. The minimum atomic E-state index is -0.708. The summed E-state index contributed by atoms with van der Waals surface area (Å²) in [4.78, 5) is 13.4. The van der Waals surface area contributed by atoms with E-state index in [9.17, 15) is 20.1 Å². The fraction of sp³-hybridized carbons (Fsp3) is 0.964. The molecule has 0 spiro atoms. The van der Waals surface area contributed by atoms with Gasteiger partial charge < -0.3 is 15.3 Å². The first-order chi connectivity index (χ1) is 15.3. The fourth-order valence-electron chi connectivity index (χ4n) is 9.21. The van der Waals surface area contributed by atoms with E-state index in [1.165, 1.54) is 0 Å². The molecule has 0 radical (unpaired) electrons. The fourth-order valence-corrected chi connectivity index (χ4v) is 9.77. The quantitative estimate of drug-likeness (QED) is 0.429. The molecule has 4 aliphatic rings. The van der Waals surface area contributed by atoms with Crippen LogP contribution in [0.4, 0.5) is 0 Å². The summed E-state index contributed by atoms with van der Waals surface area (Å²) in [6.45, 7) is 13.1. The maximum atomic E-state index is 13.4. The Morgan fingerprint density at radius 2 is 1.61 bits per heavy atom.